The summed E-state index contributed by atoms with van der Waals surface area (Å²) in [4.78, 5) is 13.8. The van der Waals surface area contributed by atoms with Gasteiger partial charge in [0.05, 0.1) is 19.4 Å². The van der Waals surface area contributed by atoms with Crippen molar-refractivity contribution in [2.75, 3.05) is 7.11 Å². The smallest absolute Gasteiger partial charge is 0.287 e. The fraction of sp³-hybridized carbons (Fsp3) is 0.190. The zero-order valence-corrected chi connectivity index (χ0v) is 15.6. The molecule has 3 rings (SSSR count). The van der Waals surface area contributed by atoms with E-state index in [9.17, 15) is 4.79 Å². The summed E-state index contributed by atoms with van der Waals surface area (Å²) in [6.07, 6.45) is 1.56. The molecule has 0 fully saturated rings. The van der Waals surface area contributed by atoms with E-state index in [-0.39, 0.29) is 11.9 Å². The molecule has 3 aromatic rings. The number of ether oxygens (including phenoxy) is 1. The number of hydrogen-bond acceptors (Lipinski definition) is 4. The summed E-state index contributed by atoms with van der Waals surface area (Å²) in [5.41, 5.74) is 1.80. The molecule has 0 bridgehead atoms. The zero-order chi connectivity index (χ0) is 18.4. The summed E-state index contributed by atoms with van der Waals surface area (Å²) in [6, 6.07) is 19.4. The second kappa shape index (κ2) is 8.63. The lowest BCUT2D eigenvalue weighted by atomic mass is 10.1. The van der Waals surface area contributed by atoms with Crippen LogP contribution in [0, 0.1) is 0 Å². The molecule has 0 aliphatic carbocycles. The Hall–Kier alpha value is -2.66. The minimum Gasteiger partial charge on any atom is -0.496 e. The summed E-state index contributed by atoms with van der Waals surface area (Å²) in [7, 11) is 1.62. The molecule has 2 aromatic carbocycles. The maximum absolute atomic E-state index is 12.7. The van der Waals surface area contributed by atoms with Gasteiger partial charge in [0.2, 0.25) is 0 Å². The molecular formula is C21H21NO3S. The van der Waals surface area contributed by atoms with Gasteiger partial charge in [-0.15, -0.1) is 11.8 Å². The van der Waals surface area contributed by atoms with Crippen LogP contribution in [0.1, 0.15) is 34.6 Å². The number of carbonyl (C=O) groups is 1. The molecule has 134 valence electrons. The number of rotatable bonds is 7. The topological polar surface area (TPSA) is 51.5 Å². The number of furan rings is 1. The van der Waals surface area contributed by atoms with Gasteiger partial charge in [-0.25, -0.2) is 0 Å². The number of hydrogen-bond donors (Lipinski definition) is 1. The van der Waals surface area contributed by atoms with Crippen molar-refractivity contribution in [3.8, 4) is 5.75 Å². The van der Waals surface area contributed by atoms with Crippen LogP contribution >= 0.6 is 11.8 Å². The van der Waals surface area contributed by atoms with Crippen molar-refractivity contribution in [1.82, 2.24) is 5.32 Å². The van der Waals surface area contributed by atoms with Crippen molar-refractivity contribution >= 4 is 17.7 Å². The maximum atomic E-state index is 12.7. The fourth-order valence-corrected chi connectivity index (χ4v) is 3.59. The van der Waals surface area contributed by atoms with Crippen LogP contribution in [0.25, 0.3) is 0 Å². The van der Waals surface area contributed by atoms with Gasteiger partial charge in [-0.2, -0.15) is 0 Å². The van der Waals surface area contributed by atoms with E-state index < -0.39 is 0 Å². The maximum Gasteiger partial charge on any atom is 0.287 e. The first kappa shape index (κ1) is 18.1. The van der Waals surface area contributed by atoms with Gasteiger partial charge in [-0.05, 0) is 31.2 Å². The Morgan fingerprint density at radius 1 is 1.12 bits per heavy atom. The third kappa shape index (κ3) is 4.29. The van der Waals surface area contributed by atoms with Crippen LogP contribution in [0.2, 0.25) is 0 Å². The van der Waals surface area contributed by atoms with Crippen molar-refractivity contribution in [1.29, 1.82) is 0 Å². The summed E-state index contributed by atoms with van der Waals surface area (Å²) in [6.45, 7) is 1.93. The van der Waals surface area contributed by atoms with E-state index in [1.54, 1.807) is 25.1 Å². The Kier molecular flexibility index (Phi) is 6.02. The lowest BCUT2D eigenvalue weighted by Crippen LogP contribution is -2.27. The molecule has 0 saturated carbocycles. The van der Waals surface area contributed by atoms with Crippen LogP contribution in [-0.2, 0) is 5.75 Å². The average molecular weight is 367 g/mol. The minimum absolute atomic E-state index is 0.196. The molecule has 5 heteroatoms. The van der Waals surface area contributed by atoms with E-state index in [1.165, 1.54) is 0 Å². The number of nitrogens with one attached hydrogen (secondary N) is 1. The molecule has 1 atom stereocenters. The Labute approximate surface area is 157 Å². The molecule has 0 radical (unpaired) electrons. The van der Waals surface area contributed by atoms with Crippen molar-refractivity contribution in [3.05, 3.63) is 83.8 Å². The molecule has 1 aromatic heterocycles. The Morgan fingerprint density at radius 2 is 1.85 bits per heavy atom. The molecule has 0 aliphatic rings. The van der Waals surface area contributed by atoms with E-state index in [1.807, 2.05) is 67.6 Å². The highest BCUT2D eigenvalue weighted by Gasteiger charge is 2.19. The van der Waals surface area contributed by atoms with E-state index in [4.69, 9.17) is 9.15 Å². The summed E-state index contributed by atoms with van der Waals surface area (Å²) < 4.78 is 10.8. The van der Waals surface area contributed by atoms with Gasteiger partial charge in [0.1, 0.15) is 5.75 Å². The third-order valence-corrected chi connectivity index (χ3v) is 5.10. The van der Waals surface area contributed by atoms with Gasteiger partial charge < -0.3 is 14.5 Å². The number of carbonyl (C=O) groups excluding carboxylic acids is 1. The Bertz CT molecular complexity index is 860. The van der Waals surface area contributed by atoms with Crippen LogP contribution in [-0.4, -0.2) is 13.0 Å². The van der Waals surface area contributed by atoms with E-state index in [0.29, 0.717) is 11.5 Å². The van der Waals surface area contributed by atoms with Gasteiger partial charge in [0.25, 0.3) is 5.91 Å². The van der Waals surface area contributed by atoms with E-state index >= 15 is 0 Å². The van der Waals surface area contributed by atoms with Crippen LogP contribution in [0.15, 0.2) is 76.2 Å². The predicted molar refractivity (Wildman–Crippen MR) is 104 cm³/mol. The highest BCUT2D eigenvalue weighted by atomic mass is 32.2. The molecule has 1 amide bonds. The van der Waals surface area contributed by atoms with Gasteiger partial charge in [-0.1, -0.05) is 36.4 Å². The van der Waals surface area contributed by atoms with Crippen molar-refractivity contribution < 1.29 is 13.9 Å². The molecule has 4 nitrogen and oxygen atoms in total. The second-order valence-corrected chi connectivity index (χ2v) is 6.86. The summed E-state index contributed by atoms with van der Waals surface area (Å²) in [5, 5.41) is 2.99. The Balaban J connectivity index is 1.68. The molecule has 0 spiro atoms. The molecule has 0 aliphatic heterocycles. The quantitative estimate of drug-likeness (QED) is 0.592. The molecule has 26 heavy (non-hydrogen) atoms. The van der Waals surface area contributed by atoms with Crippen molar-refractivity contribution in [3.63, 3.8) is 0 Å². The van der Waals surface area contributed by atoms with Crippen LogP contribution in [0.3, 0.4) is 0 Å². The summed E-state index contributed by atoms with van der Waals surface area (Å²) >= 11 is 1.67. The first-order valence-electron chi connectivity index (χ1n) is 8.37. The highest BCUT2D eigenvalue weighted by molar-refractivity contribution is 7.98. The van der Waals surface area contributed by atoms with Gasteiger partial charge in [-0.3, -0.25) is 4.79 Å². The molecule has 1 heterocycles. The molecule has 1 N–H and O–H groups in total. The first-order valence-corrected chi connectivity index (χ1v) is 9.35. The monoisotopic (exact) mass is 367 g/mol. The minimum atomic E-state index is -0.225. The standard InChI is InChI=1S/C21H21NO3S/c1-15(18-10-6-7-11-19(18)24-2)22-21(23)20-16(12-13-25-20)14-26-17-8-4-3-5-9-17/h3-13,15H,14H2,1-2H3,(H,22,23). The first-order chi connectivity index (χ1) is 12.7. The molecular weight excluding hydrogens is 346 g/mol. The van der Waals surface area contributed by atoms with Crippen LogP contribution < -0.4 is 10.1 Å². The average Bonchev–Trinajstić information content (AvgIpc) is 3.16. The third-order valence-electron chi connectivity index (χ3n) is 4.04. The van der Waals surface area contributed by atoms with Crippen LogP contribution in [0.4, 0.5) is 0 Å². The number of methoxy groups -OCH3 is 1. The van der Waals surface area contributed by atoms with Gasteiger partial charge in [0.15, 0.2) is 5.76 Å². The van der Waals surface area contributed by atoms with Gasteiger partial charge in [0, 0.05) is 21.8 Å². The molecule has 1 unspecified atom stereocenters. The largest absolute Gasteiger partial charge is 0.496 e. The normalized spacial score (nSPS) is 11.8. The van der Waals surface area contributed by atoms with E-state index in [2.05, 4.69) is 5.32 Å². The number of amides is 1. The lowest BCUT2D eigenvalue weighted by molar-refractivity contribution is 0.0910. The number of benzene rings is 2. The van der Waals surface area contributed by atoms with Crippen molar-refractivity contribution in [2.24, 2.45) is 0 Å². The number of thioether (sulfide) groups is 1. The van der Waals surface area contributed by atoms with E-state index in [0.717, 1.165) is 21.8 Å². The lowest BCUT2D eigenvalue weighted by Gasteiger charge is -2.17. The highest BCUT2D eigenvalue weighted by Crippen LogP contribution is 2.27. The number of para-hydroxylation sites is 1. The molecule has 0 saturated heterocycles. The Morgan fingerprint density at radius 3 is 2.62 bits per heavy atom. The van der Waals surface area contributed by atoms with Gasteiger partial charge >= 0.3 is 0 Å². The fourth-order valence-electron chi connectivity index (χ4n) is 2.69. The zero-order valence-electron chi connectivity index (χ0n) is 14.8. The predicted octanol–water partition coefficient (Wildman–Crippen LogP) is 5.07. The summed E-state index contributed by atoms with van der Waals surface area (Å²) in [5.74, 6) is 1.55. The van der Waals surface area contributed by atoms with Crippen molar-refractivity contribution in [2.45, 2.75) is 23.6 Å². The second-order valence-electron chi connectivity index (χ2n) is 5.81. The van der Waals surface area contributed by atoms with Crippen LogP contribution in [0.5, 0.6) is 5.75 Å². The SMILES string of the molecule is COc1ccccc1C(C)NC(=O)c1occc1CSc1ccccc1.